The number of ketones is 1. The molecule has 9 nitrogen and oxygen atoms in total. The van der Waals surface area contributed by atoms with Gasteiger partial charge in [0.05, 0.1) is 54.3 Å². The van der Waals surface area contributed by atoms with Gasteiger partial charge in [-0.2, -0.15) is 13.2 Å². The van der Waals surface area contributed by atoms with Crippen molar-refractivity contribution in [2.24, 2.45) is 0 Å². The molecule has 0 aliphatic heterocycles. The van der Waals surface area contributed by atoms with Crippen LogP contribution in [0.4, 0.5) is 13.2 Å². The number of fused-ring (bicyclic) bond motifs is 1. The Morgan fingerprint density at radius 1 is 0.806 bits per heavy atom. The summed E-state index contributed by atoms with van der Waals surface area (Å²) in [4.78, 5) is 25.5. The molecule has 194 valence electrons. The highest BCUT2D eigenvalue weighted by Gasteiger charge is 2.45. The van der Waals surface area contributed by atoms with Crippen LogP contribution in [0.3, 0.4) is 0 Å². The van der Waals surface area contributed by atoms with Crippen LogP contribution in [-0.4, -0.2) is 60.5 Å². The lowest BCUT2D eigenvalue weighted by Crippen LogP contribution is -2.39. The van der Waals surface area contributed by atoms with E-state index < -0.39 is 23.9 Å². The van der Waals surface area contributed by atoms with Crippen molar-refractivity contribution < 1.29 is 51.2 Å². The minimum Gasteiger partial charge on any atom is -0.493 e. The molecule has 0 heterocycles. The Labute approximate surface area is 204 Å². The smallest absolute Gasteiger partial charge is 0.471 e. The van der Waals surface area contributed by atoms with Gasteiger partial charge < -0.3 is 33.7 Å². The number of halogens is 3. The molecule has 36 heavy (non-hydrogen) atoms. The largest absolute Gasteiger partial charge is 0.493 e. The predicted molar refractivity (Wildman–Crippen MR) is 121 cm³/mol. The van der Waals surface area contributed by atoms with E-state index in [1.807, 2.05) is 5.32 Å². The fourth-order valence-corrected chi connectivity index (χ4v) is 3.96. The summed E-state index contributed by atoms with van der Waals surface area (Å²) < 4.78 is 71.4. The number of nitrogens with one attached hydrogen (secondary N) is 1. The number of methoxy groups -OCH3 is 6. The van der Waals surface area contributed by atoms with Crippen LogP contribution in [0.2, 0.25) is 0 Å². The number of ether oxygens (including phenoxy) is 6. The first-order valence-electron chi connectivity index (χ1n) is 10.3. The van der Waals surface area contributed by atoms with E-state index in [9.17, 15) is 22.8 Å². The Bertz CT molecular complexity index is 1200. The summed E-state index contributed by atoms with van der Waals surface area (Å²) in [5.41, 5.74) is 0.155. The molecule has 2 aromatic carbocycles. The van der Waals surface area contributed by atoms with E-state index in [0.29, 0.717) is 5.56 Å². The Morgan fingerprint density at radius 2 is 1.31 bits per heavy atom. The predicted octanol–water partition coefficient (Wildman–Crippen LogP) is 3.74. The second-order valence-corrected chi connectivity index (χ2v) is 7.40. The molecule has 0 saturated heterocycles. The number of benzene rings is 2. The zero-order chi connectivity index (χ0) is 26.8. The van der Waals surface area contributed by atoms with Crippen molar-refractivity contribution in [3.05, 3.63) is 40.5 Å². The molecule has 0 spiro atoms. The molecular formula is C24H24F3NO8. The number of alkyl halides is 3. The van der Waals surface area contributed by atoms with Gasteiger partial charge in [-0.05, 0) is 35.4 Å². The molecule has 1 aliphatic rings. The van der Waals surface area contributed by atoms with Gasteiger partial charge in [-0.15, -0.1) is 0 Å². The fourth-order valence-electron chi connectivity index (χ4n) is 3.96. The third-order valence-corrected chi connectivity index (χ3v) is 5.51. The van der Waals surface area contributed by atoms with E-state index >= 15 is 0 Å². The van der Waals surface area contributed by atoms with Crippen LogP contribution < -0.4 is 33.7 Å². The number of Topliss-reactive ketones (excluding diaryl/α,β-unsaturated/α-hetero) is 1. The van der Waals surface area contributed by atoms with Crippen molar-refractivity contribution >= 4 is 17.8 Å². The van der Waals surface area contributed by atoms with Crippen molar-refractivity contribution in [3.8, 4) is 34.5 Å². The van der Waals surface area contributed by atoms with Crippen LogP contribution in [0.5, 0.6) is 34.5 Å². The van der Waals surface area contributed by atoms with Gasteiger partial charge in [0.15, 0.2) is 28.8 Å². The monoisotopic (exact) mass is 511 g/mol. The van der Waals surface area contributed by atoms with Gasteiger partial charge >= 0.3 is 12.1 Å². The molecule has 2 aromatic rings. The lowest BCUT2D eigenvalue weighted by Gasteiger charge is -2.19. The van der Waals surface area contributed by atoms with E-state index in [2.05, 4.69) is 0 Å². The Morgan fingerprint density at radius 3 is 1.75 bits per heavy atom. The number of amides is 1. The van der Waals surface area contributed by atoms with E-state index in [0.717, 1.165) is 0 Å². The zero-order valence-electron chi connectivity index (χ0n) is 20.3. The number of carbonyl (C=O) groups excluding carboxylic acids is 2. The maximum Gasteiger partial charge on any atom is 0.471 e. The summed E-state index contributed by atoms with van der Waals surface area (Å²) in [7, 11) is 8.10. The zero-order valence-corrected chi connectivity index (χ0v) is 20.3. The summed E-state index contributed by atoms with van der Waals surface area (Å²) in [6.07, 6.45) is -3.86. The quantitative estimate of drug-likeness (QED) is 0.535. The molecule has 0 bridgehead atoms. The lowest BCUT2D eigenvalue weighted by molar-refractivity contribution is -0.174. The molecule has 1 aliphatic carbocycles. The van der Waals surface area contributed by atoms with Crippen molar-refractivity contribution in [2.45, 2.75) is 12.2 Å². The number of hydrogen-bond donors (Lipinski definition) is 1. The number of carbonyl (C=O) groups is 2. The SMILES string of the molecule is COc1cc(/C=C2/C(=O)c3c(cc(OC)c(OC)c3OC)C2NC(=O)C(F)(F)F)cc(OC)c1OC. The van der Waals surface area contributed by atoms with Crippen molar-refractivity contribution in [1.29, 1.82) is 0 Å². The highest BCUT2D eigenvalue weighted by Crippen LogP contribution is 2.50. The van der Waals surface area contributed by atoms with Crippen LogP contribution in [-0.2, 0) is 4.79 Å². The maximum absolute atomic E-state index is 13.6. The van der Waals surface area contributed by atoms with Crippen LogP contribution >= 0.6 is 0 Å². The minimum absolute atomic E-state index is 0.0450. The van der Waals surface area contributed by atoms with Gasteiger partial charge in [0.25, 0.3) is 0 Å². The average molecular weight is 511 g/mol. The standard InChI is InChI=1S/C24H24F3NO8/c1-31-14-8-11(9-15(32-2)20(14)34-4)7-13-18(28-23(30)24(25,26)27)12-10-16(33-3)21(35-5)22(36-6)17(12)19(13)29/h7-10,18H,1-6H3,(H,28,30)/b13-7+. The van der Waals surface area contributed by atoms with E-state index in [4.69, 9.17) is 28.4 Å². The normalized spacial score (nSPS) is 15.9. The molecule has 3 rings (SSSR count). The highest BCUT2D eigenvalue weighted by molar-refractivity contribution is 6.19. The van der Waals surface area contributed by atoms with Gasteiger partial charge in [0.2, 0.25) is 11.5 Å². The molecule has 0 saturated carbocycles. The highest BCUT2D eigenvalue weighted by atomic mass is 19.4. The van der Waals surface area contributed by atoms with Gasteiger partial charge in [-0.25, -0.2) is 0 Å². The maximum atomic E-state index is 13.6. The molecule has 12 heteroatoms. The molecule has 0 fully saturated rings. The van der Waals surface area contributed by atoms with Crippen LogP contribution in [0.25, 0.3) is 6.08 Å². The van der Waals surface area contributed by atoms with E-state index in [-0.39, 0.29) is 51.2 Å². The van der Waals surface area contributed by atoms with Crippen molar-refractivity contribution in [1.82, 2.24) is 5.32 Å². The summed E-state index contributed by atoms with van der Waals surface area (Å²) in [6.45, 7) is 0. The van der Waals surface area contributed by atoms with Gasteiger partial charge in [0, 0.05) is 5.57 Å². The first-order chi connectivity index (χ1) is 17.1. The molecule has 1 amide bonds. The second kappa shape index (κ2) is 10.3. The van der Waals surface area contributed by atoms with Crippen molar-refractivity contribution in [3.63, 3.8) is 0 Å². The third-order valence-electron chi connectivity index (χ3n) is 5.51. The van der Waals surface area contributed by atoms with E-state index in [1.165, 1.54) is 66.9 Å². The molecule has 1 N–H and O–H groups in total. The summed E-state index contributed by atoms with van der Waals surface area (Å²) >= 11 is 0. The molecule has 1 unspecified atom stereocenters. The van der Waals surface area contributed by atoms with Crippen LogP contribution in [0, 0.1) is 0 Å². The van der Waals surface area contributed by atoms with E-state index in [1.54, 1.807) is 0 Å². The second-order valence-electron chi connectivity index (χ2n) is 7.40. The molecular weight excluding hydrogens is 487 g/mol. The first-order valence-corrected chi connectivity index (χ1v) is 10.3. The van der Waals surface area contributed by atoms with Gasteiger partial charge in [0.1, 0.15) is 0 Å². The Kier molecular flexibility index (Phi) is 7.56. The summed E-state index contributed by atoms with van der Waals surface area (Å²) in [5, 5.41) is 1.90. The Hall–Kier alpha value is -4.09. The van der Waals surface area contributed by atoms with Gasteiger partial charge in [-0.1, -0.05) is 0 Å². The molecule has 0 radical (unpaired) electrons. The molecule has 1 atom stereocenters. The first kappa shape index (κ1) is 26.5. The van der Waals surface area contributed by atoms with Gasteiger partial charge in [-0.3, -0.25) is 9.59 Å². The number of hydrogen-bond acceptors (Lipinski definition) is 8. The number of rotatable bonds is 8. The summed E-state index contributed by atoms with van der Waals surface area (Å²) in [6, 6.07) is 2.86. The minimum atomic E-state index is -5.19. The third kappa shape index (κ3) is 4.58. The van der Waals surface area contributed by atoms with Crippen LogP contribution in [0.15, 0.2) is 23.8 Å². The lowest BCUT2D eigenvalue weighted by atomic mass is 10.0. The average Bonchev–Trinajstić information content (AvgIpc) is 3.11. The van der Waals surface area contributed by atoms with Crippen LogP contribution in [0.1, 0.15) is 27.5 Å². The fraction of sp³-hybridized carbons (Fsp3) is 0.333. The summed E-state index contributed by atoms with van der Waals surface area (Å²) in [5.74, 6) is -1.99. The van der Waals surface area contributed by atoms with Crippen molar-refractivity contribution in [2.75, 3.05) is 42.7 Å². The Balaban J connectivity index is 2.29. The topological polar surface area (TPSA) is 102 Å². The molecule has 0 aromatic heterocycles.